The fourth-order valence-corrected chi connectivity index (χ4v) is 3.59. The first-order chi connectivity index (χ1) is 9.65. The summed E-state index contributed by atoms with van der Waals surface area (Å²) in [4.78, 5) is 11.9. The van der Waals surface area contributed by atoms with Gasteiger partial charge in [-0.25, -0.2) is 0 Å². The van der Waals surface area contributed by atoms with Crippen LogP contribution in [-0.2, 0) is 0 Å². The van der Waals surface area contributed by atoms with Crippen LogP contribution in [-0.4, -0.2) is 10.7 Å². The van der Waals surface area contributed by atoms with E-state index in [1.54, 1.807) is 17.8 Å². The predicted octanol–water partition coefficient (Wildman–Crippen LogP) is 4.51. The van der Waals surface area contributed by atoms with Crippen LogP contribution in [0.3, 0.4) is 0 Å². The van der Waals surface area contributed by atoms with E-state index in [4.69, 9.17) is 11.6 Å². The molecule has 0 aliphatic carbocycles. The van der Waals surface area contributed by atoms with Gasteiger partial charge < -0.3 is 5.32 Å². The van der Waals surface area contributed by atoms with Crippen LogP contribution in [0.2, 0.25) is 5.02 Å². The zero-order valence-corrected chi connectivity index (χ0v) is 11.9. The van der Waals surface area contributed by atoms with Gasteiger partial charge in [0.2, 0.25) is 0 Å². The summed E-state index contributed by atoms with van der Waals surface area (Å²) in [7, 11) is 0. The highest BCUT2D eigenvalue weighted by atomic mass is 35.5. The molecule has 1 aliphatic rings. The van der Waals surface area contributed by atoms with Crippen LogP contribution in [0.15, 0.2) is 47.4 Å². The zero-order chi connectivity index (χ0) is 14.1. The summed E-state index contributed by atoms with van der Waals surface area (Å²) >= 11 is 7.69. The van der Waals surface area contributed by atoms with Gasteiger partial charge in [-0.3, -0.25) is 10.1 Å². The minimum atomic E-state index is -0.396. The molecule has 0 aromatic heterocycles. The van der Waals surface area contributed by atoms with E-state index in [-0.39, 0.29) is 11.7 Å². The van der Waals surface area contributed by atoms with Gasteiger partial charge in [0, 0.05) is 21.7 Å². The summed E-state index contributed by atoms with van der Waals surface area (Å²) < 4.78 is 0. The lowest BCUT2D eigenvalue weighted by Crippen LogP contribution is -2.11. The third-order valence-corrected chi connectivity index (χ3v) is 4.60. The Morgan fingerprint density at radius 1 is 1.30 bits per heavy atom. The molecule has 3 rings (SSSR count). The third kappa shape index (κ3) is 2.46. The van der Waals surface area contributed by atoms with Gasteiger partial charge in [0.15, 0.2) is 0 Å². The van der Waals surface area contributed by atoms with Gasteiger partial charge in [0.05, 0.1) is 11.0 Å². The standard InChI is InChI=1S/C14H11ClN2O2S/c15-9-5-6-13(17(18)19)11(7-9)16-12-8-20-14-4-2-1-3-10(12)14/h1-7,12,16H,8H2. The van der Waals surface area contributed by atoms with E-state index in [1.807, 2.05) is 18.2 Å². The van der Waals surface area contributed by atoms with Crippen molar-refractivity contribution in [3.63, 3.8) is 0 Å². The lowest BCUT2D eigenvalue weighted by Gasteiger charge is -2.15. The summed E-state index contributed by atoms with van der Waals surface area (Å²) in [5, 5.41) is 14.8. The van der Waals surface area contributed by atoms with Gasteiger partial charge in [-0.2, -0.15) is 0 Å². The number of hydrogen-bond donors (Lipinski definition) is 1. The van der Waals surface area contributed by atoms with Crippen molar-refractivity contribution in [2.24, 2.45) is 0 Å². The molecule has 4 nitrogen and oxygen atoms in total. The molecule has 1 aliphatic heterocycles. The number of nitro groups is 1. The van der Waals surface area contributed by atoms with Gasteiger partial charge >= 0.3 is 0 Å². The minimum absolute atomic E-state index is 0.0452. The number of rotatable bonds is 3. The average molecular weight is 307 g/mol. The zero-order valence-electron chi connectivity index (χ0n) is 10.4. The van der Waals surface area contributed by atoms with Crippen LogP contribution in [0.4, 0.5) is 11.4 Å². The van der Waals surface area contributed by atoms with E-state index in [9.17, 15) is 10.1 Å². The third-order valence-electron chi connectivity index (χ3n) is 3.18. The fourth-order valence-electron chi connectivity index (χ4n) is 2.25. The molecule has 20 heavy (non-hydrogen) atoms. The van der Waals surface area contributed by atoms with Crippen molar-refractivity contribution in [1.82, 2.24) is 0 Å². The van der Waals surface area contributed by atoms with Crippen molar-refractivity contribution in [2.75, 3.05) is 11.1 Å². The number of hydrogen-bond acceptors (Lipinski definition) is 4. The van der Waals surface area contributed by atoms with Gasteiger partial charge in [-0.1, -0.05) is 29.8 Å². The van der Waals surface area contributed by atoms with Gasteiger partial charge in [-0.15, -0.1) is 11.8 Å². The molecule has 0 bridgehead atoms. The van der Waals surface area contributed by atoms with Crippen molar-refractivity contribution in [1.29, 1.82) is 0 Å². The number of halogens is 1. The number of nitrogens with one attached hydrogen (secondary N) is 1. The molecule has 0 saturated carbocycles. The Bertz CT molecular complexity index is 678. The van der Waals surface area contributed by atoms with Crippen LogP contribution in [0.25, 0.3) is 0 Å². The van der Waals surface area contributed by atoms with Crippen molar-refractivity contribution < 1.29 is 4.92 Å². The van der Waals surface area contributed by atoms with Gasteiger partial charge in [0.25, 0.3) is 5.69 Å². The quantitative estimate of drug-likeness (QED) is 0.669. The maximum atomic E-state index is 11.1. The van der Waals surface area contributed by atoms with Crippen LogP contribution >= 0.6 is 23.4 Å². The Kier molecular flexibility index (Phi) is 3.54. The van der Waals surface area contributed by atoms with Crippen molar-refractivity contribution >= 4 is 34.7 Å². The van der Waals surface area contributed by atoms with E-state index in [0.717, 1.165) is 5.75 Å². The molecule has 0 saturated heterocycles. The summed E-state index contributed by atoms with van der Waals surface area (Å²) in [6.45, 7) is 0. The number of fused-ring (bicyclic) bond motifs is 1. The molecular formula is C14H11ClN2O2S. The fraction of sp³-hybridized carbons (Fsp3) is 0.143. The van der Waals surface area contributed by atoms with Crippen molar-refractivity contribution in [3.05, 3.63) is 63.2 Å². The second-order valence-electron chi connectivity index (χ2n) is 4.46. The molecule has 2 aromatic rings. The molecular weight excluding hydrogens is 296 g/mol. The lowest BCUT2D eigenvalue weighted by atomic mass is 10.1. The molecule has 1 unspecified atom stereocenters. The number of benzene rings is 2. The Morgan fingerprint density at radius 2 is 2.10 bits per heavy atom. The molecule has 0 spiro atoms. The minimum Gasteiger partial charge on any atom is -0.372 e. The number of thioether (sulfide) groups is 1. The van der Waals surface area contributed by atoms with Crippen LogP contribution in [0, 0.1) is 10.1 Å². The topological polar surface area (TPSA) is 55.2 Å². The maximum absolute atomic E-state index is 11.1. The van der Waals surface area contributed by atoms with E-state index in [2.05, 4.69) is 11.4 Å². The van der Waals surface area contributed by atoms with E-state index in [0.29, 0.717) is 10.7 Å². The second kappa shape index (κ2) is 5.34. The molecule has 102 valence electrons. The van der Waals surface area contributed by atoms with Gasteiger partial charge in [0.1, 0.15) is 5.69 Å². The molecule has 1 atom stereocenters. The monoisotopic (exact) mass is 306 g/mol. The molecule has 6 heteroatoms. The molecule has 2 aromatic carbocycles. The number of nitro benzene ring substituents is 1. The summed E-state index contributed by atoms with van der Waals surface area (Å²) in [5.74, 6) is 0.850. The highest BCUT2D eigenvalue weighted by molar-refractivity contribution is 7.99. The lowest BCUT2D eigenvalue weighted by molar-refractivity contribution is -0.384. The summed E-state index contributed by atoms with van der Waals surface area (Å²) in [6.07, 6.45) is 0. The first-order valence-corrected chi connectivity index (χ1v) is 7.44. The van der Waals surface area contributed by atoms with Gasteiger partial charge in [-0.05, 0) is 23.8 Å². The number of anilines is 1. The first kappa shape index (κ1) is 13.3. The SMILES string of the molecule is O=[N+]([O-])c1ccc(Cl)cc1NC1CSc2ccccc21. The van der Waals surface area contributed by atoms with E-state index in [1.165, 1.54) is 22.6 Å². The molecule has 0 amide bonds. The van der Waals surface area contributed by atoms with Crippen LogP contribution < -0.4 is 5.32 Å². The first-order valence-electron chi connectivity index (χ1n) is 6.07. The van der Waals surface area contributed by atoms with Crippen molar-refractivity contribution in [3.8, 4) is 0 Å². The Labute approximate surface area is 125 Å². The van der Waals surface area contributed by atoms with E-state index < -0.39 is 4.92 Å². The van der Waals surface area contributed by atoms with Crippen LogP contribution in [0.5, 0.6) is 0 Å². The Hall–Kier alpha value is -1.72. The Balaban J connectivity index is 1.93. The van der Waals surface area contributed by atoms with Crippen molar-refractivity contribution in [2.45, 2.75) is 10.9 Å². The second-order valence-corrected chi connectivity index (χ2v) is 5.96. The largest absolute Gasteiger partial charge is 0.372 e. The van der Waals surface area contributed by atoms with E-state index >= 15 is 0 Å². The highest BCUT2D eigenvalue weighted by Gasteiger charge is 2.25. The summed E-state index contributed by atoms with van der Waals surface area (Å²) in [6, 6.07) is 12.7. The average Bonchev–Trinajstić information content (AvgIpc) is 2.82. The predicted molar refractivity (Wildman–Crippen MR) is 81.6 cm³/mol. The Morgan fingerprint density at radius 3 is 2.90 bits per heavy atom. The normalized spacial score (nSPS) is 16.8. The highest BCUT2D eigenvalue weighted by Crippen LogP contribution is 2.41. The molecule has 1 heterocycles. The molecule has 0 fully saturated rings. The summed E-state index contributed by atoms with van der Waals surface area (Å²) in [5.41, 5.74) is 1.68. The van der Waals surface area contributed by atoms with Crippen LogP contribution in [0.1, 0.15) is 11.6 Å². The molecule has 0 radical (unpaired) electrons. The smallest absolute Gasteiger partial charge is 0.292 e. The number of nitrogens with zero attached hydrogens (tertiary/aromatic N) is 1. The molecule has 1 N–H and O–H groups in total. The maximum Gasteiger partial charge on any atom is 0.292 e.